The van der Waals surface area contributed by atoms with Crippen LogP contribution < -0.4 is 0 Å². The Kier molecular flexibility index (Phi) is 4.04. The smallest absolute Gasteiger partial charge is 0.414 e. The molecular weight excluding hydrogens is 281 g/mol. The van der Waals surface area contributed by atoms with Crippen LogP contribution in [0.2, 0.25) is 5.02 Å². The molecule has 2 rings (SSSR count). The fourth-order valence-corrected chi connectivity index (χ4v) is 2.26. The van der Waals surface area contributed by atoms with Gasteiger partial charge in [0.05, 0.1) is 0 Å². The largest absolute Gasteiger partial charge is 0.443 e. The van der Waals surface area contributed by atoms with Crippen molar-refractivity contribution in [3.8, 4) is 0 Å². The van der Waals surface area contributed by atoms with Crippen LogP contribution in [0.25, 0.3) is 0 Å². The first-order valence-electron chi connectivity index (χ1n) is 6.39. The van der Waals surface area contributed by atoms with Gasteiger partial charge < -0.3 is 4.74 Å². The molecule has 1 heterocycles. The average Bonchev–Trinajstić information content (AvgIpc) is 2.79. The minimum absolute atomic E-state index is 0.120. The molecule has 0 aromatic heterocycles. The van der Waals surface area contributed by atoms with Crippen molar-refractivity contribution < 1.29 is 13.9 Å². The average molecular weight is 298 g/mol. The second-order valence-corrected chi connectivity index (χ2v) is 6.15. The molecule has 1 amide bonds. The van der Waals surface area contributed by atoms with E-state index in [0.29, 0.717) is 17.1 Å². The zero-order valence-electron chi connectivity index (χ0n) is 11.7. The summed E-state index contributed by atoms with van der Waals surface area (Å²) in [4.78, 5) is 13.4. The van der Waals surface area contributed by atoms with E-state index in [4.69, 9.17) is 16.3 Å². The molecule has 1 unspecified atom stereocenters. The number of nitrogens with zero attached hydrogens (tertiary/aromatic N) is 1. The van der Waals surface area contributed by atoms with E-state index in [9.17, 15) is 9.18 Å². The van der Waals surface area contributed by atoms with Crippen molar-refractivity contribution >= 4 is 17.7 Å². The molecule has 0 bridgehead atoms. The zero-order valence-corrected chi connectivity index (χ0v) is 12.4. The molecule has 0 saturated heterocycles. The van der Waals surface area contributed by atoms with Crippen molar-refractivity contribution in [3.63, 3.8) is 0 Å². The van der Waals surface area contributed by atoms with Gasteiger partial charge in [0, 0.05) is 23.7 Å². The van der Waals surface area contributed by atoms with Gasteiger partial charge in [0.2, 0.25) is 0 Å². The molecule has 0 fully saturated rings. The summed E-state index contributed by atoms with van der Waals surface area (Å²) in [7, 11) is 0. The lowest BCUT2D eigenvalue weighted by atomic mass is 10.0. The molecule has 108 valence electrons. The number of carbonyl (C=O) groups excluding carboxylic acids is 1. The van der Waals surface area contributed by atoms with E-state index in [1.54, 1.807) is 6.20 Å². The Hall–Kier alpha value is -1.55. The van der Waals surface area contributed by atoms with E-state index in [1.807, 2.05) is 26.8 Å². The summed E-state index contributed by atoms with van der Waals surface area (Å²) in [6.07, 6.45) is 3.06. The molecule has 0 spiro atoms. The SMILES string of the molecule is CC(C)(C)OC(=O)N1C=CC(c2cc(F)ccc2Cl)C1. The Morgan fingerprint density at radius 3 is 2.80 bits per heavy atom. The van der Waals surface area contributed by atoms with Crippen molar-refractivity contribution in [1.82, 2.24) is 4.90 Å². The summed E-state index contributed by atoms with van der Waals surface area (Å²) >= 11 is 6.07. The second kappa shape index (κ2) is 5.44. The highest BCUT2D eigenvalue weighted by Gasteiger charge is 2.27. The maximum atomic E-state index is 13.3. The van der Waals surface area contributed by atoms with Gasteiger partial charge in [-0.3, -0.25) is 4.90 Å². The molecule has 3 nitrogen and oxygen atoms in total. The highest BCUT2D eigenvalue weighted by molar-refractivity contribution is 6.31. The van der Waals surface area contributed by atoms with E-state index < -0.39 is 11.7 Å². The Bertz CT molecular complexity index is 551. The maximum Gasteiger partial charge on any atom is 0.414 e. The van der Waals surface area contributed by atoms with Gasteiger partial charge in [-0.15, -0.1) is 0 Å². The van der Waals surface area contributed by atoms with Crippen LogP contribution >= 0.6 is 11.6 Å². The minimum Gasteiger partial charge on any atom is -0.443 e. The van der Waals surface area contributed by atoms with E-state index in [2.05, 4.69) is 0 Å². The van der Waals surface area contributed by atoms with Gasteiger partial charge >= 0.3 is 6.09 Å². The van der Waals surface area contributed by atoms with Crippen molar-refractivity contribution in [2.24, 2.45) is 0 Å². The molecule has 1 aromatic rings. The van der Waals surface area contributed by atoms with Crippen LogP contribution in [0.3, 0.4) is 0 Å². The van der Waals surface area contributed by atoms with Gasteiger partial charge in [-0.2, -0.15) is 0 Å². The first kappa shape index (κ1) is 14.9. The Labute approximate surface area is 123 Å². The van der Waals surface area contributed by atoms with Gasteiger partial charge in [0.25, 0.3) is 0 Å². The number of hydrogen-bond donors (Lipinski definition) is 0. The van der Waals surface area contributed by atoms with Crippen LogP contribution in [-0.2, 0) is 4.74 Å². The summed E-state index contributed by atoms with van der Waals surface area (Å²) in [5.74, 6) is -0.459. The van der Waals surface area contributed by atoms with Crippen LogP contribution in [0.5, 0.6) is 0 Å². The molecule has 1 aromatic carbocycles. The zero-order chi connectivity index (χ0) is 14.9. The summed E-state index contributed by atoms with van der Waals surface area (Å²) in [6, 6.07) is 4.24. The summed E-state index contributed by atoms with van der Waals surface area (Å²) < 4.78 is 18.6. The predicted molar refractivity (Wildman–Crippen MR) is 76.2 cm³/mol. The first-order chi connectivity index (χ1) is 9.26. The van der Waals surface area contributed by atoms with E-state index in [-0.39, 0.29) is 11.7 Å². The number of rotatable bonds is 1. The summed E-state index contributed by atoms with van der Waals surface area (Å²) in [5, 5.41) is 0.493. The Morgan fingerprint density at radius 1 is 1.45 bits per heavy atom. The standard InChI is InChI=1S/C15H17ClFNO2/c1-15(2,3)20-14(19)18-7-6-10(9-18)12-8-11(17)4-5-13(12)16/h4-8,10H,9H2,1-3H3. The van der Waals surface area contributed by atoms with Gasteiger partial charge in [-0.1, -0.05) is 17.7 Å². The maximum absolute atomic E-state index is 13.3. The fourth-order valence-electron chi connectivity index (χ4n) is 2.00. The normalized spacial score (nSPS) is 18.4. The quantitative estimate of drug-likeness (QED) is 0.772. The van der Waals surface area contributed by atoms with Gasteiger partial charge in [0.15, 0.2) is 0 Å². The Balaban J connectivity index is 2.08. The van der Waals surface area contributed by atoms with Crippen molar-refractivity contribution in [2.45, 2.75) is 32.3 Å². The van der Waals surface area contributed by atoms with Gasteiger partial charge in [-0.05, 0) is 44.5 Å². The molecule has 0 saturated carbocycles. The van der Waals surface area contributed by atoms with Crippen LogP contribution in [0.1, 0.15) is 32.3 Å². The van der Waals surface area contributed by atoms with Crippen LogP contribution in [0, 0.1) is 5.82 Å². The van der Waals surface area contributed by atoms with Crippen molar-refractivity contribution in [2.75, 3.05) is 6.54 Å². The molecule has 1 atom stereocenters. The van der Waals surface area contributed by atoms with Crippen LogP contribution in [0.4, 0.5) is 9.18 Å². The number of ether oxygens (including phenoxy) is 1. The van der Waals surface area contributed by atoms with Crippen molar-refractivity contribution in [1.29, 1.82) is 0 Å². The molecule has 5 heteroatoms. The third-order valence-corrected chi connectivity index (χ3v) is 3.22. The van der Waals surface area contributed by atoms with Gasteiger partial charge in [-0.25, -0.2) is 9.18 Å². The number of carbonyl (C=O) groups is 1. The highest BCUT2D eigenvalue weighted by atomic mass is 35.5. The summed E-state index contributed by atoms with van der Waals surface area (Å²) in [5.41, 5.74) is 0.133. The van der Waals surface area contributed by atoms with Crippen LogP contribution in [-0.4, -0.2) is 23.1 Å². The molecule has 0 radical (unpaired) electrons. The lowest BCUT2D eigenvalue weighted by Gasteiger charge is -2.24. The molecular formula is C15H17ClFNO2. The second-order valence-electron chi connectivity index (χ2n) is 5.75. The summed E-state index contributed by atoms with van der Waals surface area (Å²) in [6.45, 7) is 5.83. The van der Waals surface area contributed by atoms with E-state index in [1.165, 1.54) is 23.1 Å². The van der Waals surface area contributed by atoms with E-state index >= 15 is 0 Å². The van der Waals surface area contributed by atoms with Crippen molar-refractivity contribution in [3.05, 3.63) is 46.9 Å². The monoisotopic (exact) mass is 297 g/mol. The lowest BCUT2D eigenvalue weighted by Crippen LogP contribution is -2.33. The third kappa shape index (κ3) is 3.51. The molecule has 1 aliphatic rings. The number of amides is 1. The number of benzene rings is 1. The fraction of sp³-hybridized carbons (Fsp3) is 0.400. The third-order valence-electron chi connectivity index (χ3n) is 2.88. The Morgan fingerprint density at radius 2 is 2.15 bits per heavy atom. The lowest BCUT2D eigenvalue weighted by molar-refractivity contribution is 0.0345. The molecule has 0 N–H and O–H groups in total. The highest BCUT2D eigenvalue weighted by Crippen LogP contribution is 2.31. The minimum atomic E-state index is -0.542. The van der Waals surface area contributed by atoms with Gasteiger partial charge in [0.1, 0.15) is 11.4 Å². The predicted octanol–water partition coefficient (Wildman–Crippen LogP) is 4.33. The molecule has 0 aliphatic carbocycles. The number of halogens is 2. The molecule has 1 aliphatic heterocycles. The topological polar surface area (TPSA) is 29.5 Å². The first-order valence-corrected chi connectivity index (χ1v) is 6.77. The van der Waals surface area contributed by atoms with E-state index in [0.717, 1.165) is 0 Å². The number of hydrogen-bond acceptors (Lipinski definition) is 2. The molecule has 20 heavy (non-hydrogen) atoms. The van der Waals surface area contributed by atoms with Crippen LogP contribution in [0.15, 0.2) is 30.5 Å².